The molecule has 7 heteroatoms. The van der Waals surface area contributed by atoms with Gasteiger partial charge in [0.2, 0.25) is 15.9 Å². The fourth-order valence-corrected chi connectivity index (χ4v) is 2.91. The Bertz CT molecular complexity index is 344. The molecule has 0 saturated carbocycles. The lowest BCUT2D eigenvalue weighted by molar-refractivity contribution is -0.122. The van der Waals surface area contributed by atoms with Crippen molar-refractivity contribution in [3.8, 4) is 0 Å². The number of aliphatic hydroxyl groups is 1. The topological polar surface area (TPSA) is 95.5 Å². The Morgan fingerprint density at radius 1 is 1.21 bits per heavy atom. The highest BCUT2D eigenvalue weighted by molar-refractivity contribution is 7.89. The Balaban J connectivity index is 3.82. The third-order valence-corrected chi connectivity index (χ3v) is 4.26. The zero-order chi connectivity index (χ0) is 14.7. The first kappa shape index (κ1) is 18.3. The molecule has 3 N–H and O–H groups in total. The molecule has 0 bridgehead atoms. The number of aliphatic hydroxyl groups excluding tert-OH is 1. The van der Waals surface area contributed by atoms with Gasteiger partial charge in [-0.25, -0.2) is 13.1 Å². The van der Waals surface area contributed by atoms with Crippen LogP contribution in [0.25, 0.3) is 0 Å². The average molecular weight is 294 g/mol. The Morgan fingerprint density at radius 3 is 2.42 bits per heavy atom. The normalized spacial score (nSPS) is 13.2. The van der Waals surface area contributed by atoms with E-state index in [0.717, 1.165) is 25.7 Å². The highest BCUT2D eigenvalue weighted by Crippen LogP contribution is 1.98. The largest absolute Gasteiger partial charge is 0.396 e. The van der Waals surface area contributed by atoms with Gasteiger partial charge in [0.1, 0.15) is 0 Å². The van der Waals surface area contributed by atoms with Crippen molar-refractivity contribution in [2.75, 3.05) is 18.9 Å². The number of hydrogen-bond acceptors (Lipinski definition) is 4. The van der Waals surface area contributed by atoms with Crippen molar-refractivity contribution >= 4 is 15.9 Å². The van der Waals surface area contributed by atoms with Crippen molar-refractivity contribution in [1.82, 2.24) is 10.0 Å². The van der Waals surface area contributed by atoms with Crippen LogP contribution in [0, 0.1) is 0 Å². The molecule has 0 radical (unpaired) electrons. The van der Waals surface area contributed by atoms with Crippen LogP contribution in [0.15, 0.2) is 0 Å². The summed E-state index contributed by atoms with van der Waals surface area (Å²) in [4.78, 5) is 11.6. The van der Waals surface area contributed by atoms with E-state index in [1.807, 2.05) is 0 Å². The first-order valence-corrected chi connectivity index (χ1v) is 8.46. The number of amides is 1. The average Bonchev–Trinajstić information content (AvgIpc) is 2.32. The van der Waals surface area contributed by atoms with Gasteiger partial charge in [-0.3, -0.25) is 4.79 Å². The van der Waals surface area contributed by atoms with Crippen molar-refractivity contribution in [3.63, 3.8) is 0 Å². The zero-order valence-corrected chi connectivity index (χ0v) is 12.6. The maximum Gasteiger partial charge on any atom is 0.237 e. The summed E-state index contributed by atoms with van der Waals surface area (Å²) in [6.45, 7) is 4.04. The van der Waals surface area contributed by atoms with E-state index in [2.05, 4.69) is 10.0 Å². The van der Waals surface area contributed by atoms with Gasteiger partial charge in [-0.05, 0) is 26.2 Å². The lowest BCUT2D eigenvalue weighted by Gasteiger charge is -2.14. The zero-order valence-electron chi connectivity index (χ0n) is 11.8. The molecule has 19 heavy (non-hydrogen) atoms. The molecule has 0 aromatic carbocycles. The summed E-state index contributed by atoms with van der Waals surface area (Å²) in [7, 11) is -3.36. The molecule has 0 spiro atoms. The number of hydrogen-bond donors (Lipinski definition) is 3. The third kappa shape index (κ3) is 9.86. The molecule has 0 rings (SSSR count). The summed E-state index contributed by atoms with van der Waals surface area (Å²) in [5.74, 6) is -0.270. The van der Waals surface area contributed by atoms with Gasteiger partial charge in [-0.2, -0.15) is 0 Å². The van der Waals surface area contributed by atoms with Crippen molar-refractivity contribution in [3.05, 3.63) is 0 Å². The summed E-state index contributed by atoms with van der Waals surface area (Å²) in [6.07, 6.45) is 4.01. The smallest absolute Gasteiger partial charge is 0.237 e. The Labute approximate surface area is 116 Å². The molecule has 114 valence electrons. The van der Waals surface area contributed by atoms with Crippen LogP contribution in [-0.2, 0) is 14.8 Å². The molecule has 1 amide bonds. The van der Waals surface area contributed by atoms with Crippen molar-refractivity contribution in [2.45, 2.75) is 52.0 Å². The molecule has 0 heterocycles. The molecule has 1 atom stereocenters. The van der Waals surface area contributed by atoms with Gasteiger partial charge in [-0.1, -0.05) is 19.8 Å². The quantitative estimate of drug-likeness (QED) is 0.480. The van der Waals surface area contributed by atoms with Crippen molar-refractivity contribution in [2.24, 2.45) is 0 Å². The number of rotatable bonds is 11. The van der Waals surface area contributed by atoms with Crippen molar-refractivity contribution in [1.29, 1.82) is 0 Å². The van der Waals surface area contributed by atoms with Gasteiger partial charge in [0.25, 0.3) is 0 Å². The Morgan fingerprint density at radius 2 is 1.84 bits per heavy atom. The summed E-state index contributed by atoms with van der Waals surface area (Å²) in [5, 5.41) is 11.3. The van der Waals surface area contributed by atoms with E-state index in [4.69, 9.17) is 5.11 Å². The minimum Gasteiger partial charge on any atom is -0.396 e. The minimum atomic E-state index is -3.36. The monoisotopic (exact) mass is 294 g/mol. The van der Waals surface area contributed by atoms with E-state index in [9.17, 15) is 13.2 Å². The molecule has 0 aromatic rings. The molecule has 6 nitrogen and oxygen atoms in total. The molecule has 0 aliphatic rings. The second-order valence-electron chi connectivity index (χ2n) is 4.59. The van der Waals surface area contributed by atoms with Gasteiger partial charge >= 0.3 is 0 Å². The van der Waals surface area contributed by atoms with Crippen LogP contribution in [0.1, 0.15) is 46.0 Å². The Hall–Kier alpha value is -0.660. The number of sulfonamides is 1. The third-order valence-electron chi connectivity index (χ3n) is 2.61. The molecular formula is C12H26N2O4S. The summed E-state index contributed by atoms with van der Waals surface area (Å²) < 4.78 is 25.3. The van der Waals surface area contributed by atoms with Crippen LogP contribution in [0.2, 0.25) is 0 Å². The molecular weight excluding hydrogens is 268 g/mol. The highest BCUT2D eigenvalue weighted by atomic mass is 32.2. The fraction of sp³-hybridized carbons (Fsp3) is 0.917. The second kappa shape index (κ2) is 10.2. The van der Waals surface area contributed by atoms with E-state index in [-0.39, 0.29) is 18.3 Å². The van der Waals surface area contributed by atoms with Gasteiger partial charge < -0.3 is 10.4 Å². The summed E-state index contributed by atoms with van der Waals surface area (Å²) in [6, 6.07) is -0.742. The van der Waals surface area contributed by atoms with Crippen LogP contribution in [0.5, 0.6) is 0 Å². The molecule has 0 aliphatic heterocycles. The first-order chi connectivity index (χ1) is 8.93. The molecule has 0 saturated heterocycles. The standard InChI is InChI=1S/C12H26N2O4S/c1-3-10-19(17,18)14-11(2)12(16)13-8-6-4-5-7-9-15/h11,14-15H,3-10H2,1-2H3,(H,13,16). The second-order valence-corrected chi connectivity index (χ2v) is 6.46. The lowest BCUT2D eigenvalue weighted by atomic mass is 10.2. The highest BCUT2D eigenvalue weighted by Gasteiger charge is 2.18. The molecule has 1 unspecified atom stereocenters. The number of nitrogens with one attached hydrogen (secondary N) is 2. The maximum atomic E-state index is 11.6. The SMILES string of the molecule is CCCS(=O)(=O)NC(C)C(=O)NCCCCCCO. The van der Waals surface area contributed by atoms with E-state index < -0.39 is 16.1 Å². The van der Waals surface area contributed by atoms with Gasteiger partial charge in [0.05, 0.1) is 11.8 Å². The lowest BCUT2D eigenvalue weighted by Crippen LogP contribution is -2.45. The van der Waals surface area contributed by atoms with Crippen LogP contribution in [0.3, 0.4) is 0 Å². The number of carbonyl (C=O) groups excluding carboxylic acids is 1. The molecule has 0 fully saturated rings. The predicted molar refractivity (Wildman–Crippen MR) is 75.2 cm³/mol. The predicted octanol–water partition coefficient (Wildman–Crippen LogP) is 0.373. The maximum absolute atomic E-state index is 11.6. The van der Waals surface area contributed by atoms with Gasteiger partial charge in [-0.15, -0.1) is 0 Å². The van der Waals surface area contributed by atoms with Gasteiger partial charge in [0, 0.05) is 13.2 Å². The number of unbranched alkanes of at least 4 members (excludes halogenated alkanes) is 3. The van der Waals surface area contributed by atoms with E-state index in [1.54, 1.807) is 6.92 Å². The first-order valence-electron chi connectivity index (χ1n) is 6.81. The van der Waals surface area contributed by atoms with E-state index in [1.165, 1.54) is 6.92 Å². The molecule has 0 aliphatic carbocycles. The van der Waals surface area contributed by atoms with Gasteiger partial charge in [0.15, 0.2) is 0 Å². The summed E-state index contributed by atoms with van der Waals surface area (Å²) in [5.41, 5.74) is 0. The minimum absolute atomic E-state index is 0.0335. The van der Waals surface area contributed by atoms with E-state index >= 15 is 0 Å². The fourth-order valence-electron chi connectivity index (χ4n) is 1.61. The number of carbonyl (C=O) groups is 1. The van der Waals surface area contributed by atoms with Crippen molar-refractivity contribution < 1.29 is 18.3 Å². The molecule has 0 aromatic heterocycles. The van der Waals surface area contributed by atoms with Crippen LogP contribution in [0.4, 0.5) is 0 Å². The van der Waals surface area contributed by atoms with Crippen LogP contribution >= 0.6 is 0 Å². The van der Waals surface area contributed by atoms with E-state index in [0.29, 0.717) is 13.0 Å². The Kier molecular flexibility index (Phi) is 9.81. The van der Waals surface area contributed by atoms with Crippen LogP contribution in [-0.4, -0.2) is 44.4 Å². The summed E-state index contributed by atoms with van der Waals surface area (Å²) >= 11 is 0. The van der Waals surface area contributed by atoms with Crippen LogP contribution < -0.4 is 10.0 Å².